The summed E-state index contributed by atoms with van der Waals surface area (Å²) in [6.07, 6.45) is 4.52. The molecular formula is C22H42O4. The molecule has 5 atom stereocenters. The van der Waals surface area contributed by atoms with E-state index in [0.717, 1.165) is 32.1 Å². The number of aliphatic hydroxyl groups is 3. The van der Waals surface area contributed by atoms with E-state index in [4.69, 9.17) is 4.74 Å². The first-order valence-corrected chi connectivity index (χ1v) is 10.4. The Hall–Kier alpha value is -0.160. The maximum Gasteiger partial charge on any atom is 0.163 e. The average molecular weight is 371 g/mol. The van der Waals surface area contributed by atoms with Crippen molar-refractivity contribution in [3.8, 4) is 0 Å². The van der Waals surface area contributed by atoms with Gasteiger partial charge in [0.2, 0.25) is 0 Å². The fourth-order valence-corrected chi connectivity index (χ4v) is 5.76. The Morgan fingerprint density at radius 2 is 1.69 bits per heavy atom. The normalized spacial score (nSPS) is 36.5. The third-order valence-corrected chi connectivity index (χ3v) is 6.83. The minimum atomic E-state index is -1.06. The molecule has 2 aliphatic rings. The van der Waals surface area contributed by atoms with Crippen molar-refractivity contribution in [3.63, 3.8) is 0 Å². The van der Waals surface area contributed by atoms with Crippen molar-refractivity contribution in [3.05, 3.63) is 0 Å². The highest BCUT2D eigenvalue weighted by molar-refractivity contribution is 5.04. The topological polar surface area (TPSA) is 69.9 Å². The largest absolute Gasteiger partial charge is 0.396 e. The van der Waals surface area contributed by atoms with Crippen molar-refractivity contribution in [2.24, 2.45) is 22.2 Å². The summed E-state index contributed by atoms with van der Waals surface area (Å²) in [5.41, 5.74) is -2.27. The molecule has 26 heavy (non-hydrogen) atoms. The number of hydrogen-bond donors (Lipinski definition) is 3. The van der Waals surface area contributed by atoms with E-state index in [2.05, 4.69) is 48.5 Å². The van der Waals surface area contributed by atoms with Gasteiger partial charge in [-0.1, -0.05) is 48.5 Å². The Morgan fingerprint density at radius 3 is 2.19 bits per heavy atom. The van der Waals surface area contributed by atoms with E-state index in [9.17, 15) is 15.3 Å². The summed E-state index contributed by atoms with van der Waals surface area (Å²) < 4.78 is 6.45. The number of aliphatic hydroxyl groups excluding tert-OH is 2. The lowest BCUT2D eigenvalue weighted by atomic mass is 9.59. The summed E-state index contributed by atoms with van der Waals surface area (Å²) >= 11 is 0. The molecular weight excluding hydrogens is 328 g/mol. The maximum atomic E-state index is 11.3. The number of ether oxygens (including phenoxy) is 1. The van der Waals surface area contributed by atoms with Crippen molar-refractivity contribution in [2.45, 2.75) is 111 Å². The summed E-state index contributed by atoms with van der Waals surface area (Å²) in [4.78, 5) is 0. The molecule has 0 heterocycles. The van der Waals surface area contributed by atoms with Gasteiger partial charge in [0.05, 0.1) is 17.8 Å². The van der Waals surface area contributed by atoms with Gasteiger partial charge in [0, 0.05) is 11.8 Å². The van der Waals surface area contributed by atoms with Gasteiger partial charge in [-0.2, -0.15) is 0 Å². The van der Waals surface area contributed by atoms with Crippen molar-refractivity contribution < 1.29 is 20.1 Å². The van der Waals surface area contributed by atoms with E-state index in [0.29, 0.717) is 18.8 Å². The van der Waals surface area contributed by atoms with Crippen molar-refractivity contribution in [1.29, 1.82) is 0 Å². The fraction of sp³-hybridized carbons (Fsp3) is 1.00. The highest BCUT2D eigenvalue weighted by Gasteiger charge is 2.56. The molecule has 3 N–H and O–H groups in total. The lowest BCUT2D eigenvalue weighted by Crippen LogP contribution is -2.59. The third kappa shape index (κ3) is 4.45. The van der Waals surface area contributed by atoms with Crippen LogP contribution >= 0.6 is 0 Å². The summed E-state index contributed by atoms with van der Waals surface area (Å²) in [7, 11) is 0. The SMILES string of the molecule is CC1CC2(O)CCCC(OC(O)C(CO)(CC(C)(C)C)C(C)(C)C)(C1)C2. The molecule has 0 aromatic carbocycles. The molecule has 2 saturated carbocycles. The Bertz CT molecular complexity index is 491. The molecule has 4 heteroatoms. The molecule has 0 aliphatic heterocycles. The summed E-state index contributed by atoms with van der Waals surface area (Å²) in [5, 5.41) is 32.7. The van der Waals surface area contributed by atoms with Crippen LogP contribution in [-0.2, 0) is 4.74 Å². The molecule has 0 aromatic heterocycles. The van der Waals surface area contributed by atoms with Gasteiger partial charge in [0.25, 0.3) is 0 Å². The molecule has 154 valence electrons. The Morgan fingerprint density at radius 1 is 1.08 bits per heavy atom. The zero-order valence-corrected chi connectivity index (χ0v) is 18.1. The van der Waals surface area contributed by atoms with E-state index < -0.39 is 22.9 Å². The fourth-order valence-electron chi connectivity index (χ4n) is 5.76. The molecule has 4 nitrogen and oxygen atoms in total. The first-order chi connectivity index (χ1) is 11.7. The van der Waals surface area contributed by atoms with Crippen LogP contribution in [0.25, 0.3) is 0 Å². The molecule has 2 rings (SSSR count). The monoisotopic (exact) mass is 370 g/mol. The lowest BCUT2D eigenvalue weighted by molar-refractivity contribution is -0.302. The molecule has 0 saturated heterocycles. The van der Waals surface area contributed by atoms with Gasteiger partial charge >= 0.3 is 0 Å². The minimum Gasteiger partial charge on any atom is -0.396 e. The van der Waals surface area contributed by atoms with Crippen LogP contribution in [0.1, 0.15) is 93.4 Å². The highest BCUT2D eigenvalue weighted by atomic mass is 16.6. The van der Waals surface area contributed by atoms with E-state index in [1.807, 2.05) is 0 Å². The second-order valence-electron chi connectivity index (χ2n) is 11.7. The second-order valence-corrected chi connectivity index (χ2v) is 11.7. The predicted octanol–water partition coefficient (Wildman–Crippen LogP) is 4.26. The lowest BCUT2D eigenvalue weighted by Gasteiger charge is -2.56. The summed E-state index contributed by atoms with van der Waals surface area (Å²) in [6.45, 7) is 14.7. The van der Waals surface area contributed by atoms with Gasteiger partial charge in [-0.3, -0.25) is 0 Å². The molecule has 5 unspecified atom stereocenters. The van der Waals surface area contributed by atoms with Crippen molar-refractivity contribution in [1.82, 2.24) is 0 Å². The van der Waals surface area contributed by atoms with Crippen LogP contribution in [0.3, 0.4) is 0 Å². The van der Waals surface area contributed by atoms with Gasteiger partial charge in [0.1, 0.15) is 0 Å². The average Bonchev–Trinajstić information content (AvgIpc) is 2.39. The number of rotatable bonds is 5. The van der Waals surface area contributed by atoms with Crippen LogP contribution in [0.2, 0.25) is 0 Å². The molecule has 2 fully saturated rings. The quantitative estimate of drug-likeness (QED) is 0.633. The van der Waals surface area contributed by atoms with Crippen LogP contribution in [0, 0.1) is 22.2 Å². The first kappa shape index (κ1) is 22.1. The molecule has 0 spiro atoms. The maximum absolute atomic E-state index is 11.3. The molecule has 0 amide bonds. The van der Waals surface area contributed by atoms with E-state index in [-0.39, 0.29) is 17.4 Å². The second kappa shape index (κ2) is 7.02. The van der Waals surface area contributed by atoms with Crippen LogP contribution in [-0.4, -0.2) is 39.4 Å². The van der Waals surface area contributed by atoms with E-state index in [1.54, 1.807) is 0 Å². The van der Waals surface area contributed by atoms with E-state index in [1.165, 1.54) is 0 Å². The first-order valence-electron chi connectivity index (χ1n) is 10.4. The molecule has 0 radical (unpaired) electrons. The van der Waals surface area contributed by atoms with Gasteiger partial charge in [0.15, 0.2) is 6.29 Å². The van der Waals surface area contributed by atoms with Gasteiger partial charge in [-0.05, 0) is 55.3 Å². The van der Waals surface area contributed by atoms with Crippen LogP contribution in [0.15, 0.2) is 0 Å². The molecule has 2 bridgehead atoms. The summed E-state index contributed by atoms with van der Waals surface area (Å²) in [6, 6.07) is 0. The molecule has 0 aromatic rings. The molecule has 2 aliphatic carbocycles. The van der Waals surface area contributed by atoms with E-state index >= 15 is 0 Å². The van der Waals surface area contributed by atoms with Gasteiger partial charge in [-0.15, -0.1) is 0 Å². The Kier molecular flexibility index (Phi) is 5.98. The zero-order chi connectivity index (χ0) is 20.0. The van der Waals surface area contributed by atoms with Crippen molar-refractivity contribution >= 4 is 0 Å². The standard InChI is InChI=1S/C22H42O4/c1-16-11-20(25)9-8-10-21(12-16,14-20)26-17(24)22(15-23,19(5,6)7)13-18(2,3)4/h16-17,23-25H,8-15H2,1-7H3. The van der Waals surface area contributed by atoms with Crippen LogP contribution in [0.5, 0.6) is 0 Å². The number of hydrogen-bond acceptors (Lipinski definition) is 4. The smallest absolute Gasteiger partial charge is 0.163 e. The number of fused-ring (bicyclic) bond motifs is 2. The predicted molar refractivity (Wildman–Crippen MR) is 105 cm³/mol. The summed E-state index contributed by atoms with van der Waals surface area (Å²) in [5.74, 6) is 0.377. The van der Waals surface area contributed by atoms with Gasteiger partial charge in [-0.25, -0.2) is 0 Å². The highest BCUT2D eigenvalue weighted by Crippen LogP contribution is 2.54. The Labute approximate surface area is 160 Å². The zero-order valence-electron chi connectivity index (χ0n) is 18.1. The van der Waals surface area contributed by atoms with Crippen LogP contribution < -0.4 is 0 Å². The Balaban J connectivity index is 2.32. The van der Waals surface area contributed by atoms with Gasteiger partial charge < -0.3 is 20.1 Å². The van der Waals surface area contributed by atoms with Crippen LogP contribution in [0.4, 0.5) is 0 Å². The minimum absolute atomic E-state index is 0.0504. The third-order valence-electron chi connectivity index (χ3n) is 6.83. The van der Waals surface area contributed by atoms with Crippen molar-refractivity contribution in [2.75, 3.05) is 6.61 Å².